The fourth-order valence-electron chi connectivity index (χ4n) is 2.57. The molecule has 1 aromatic carbocycles. The molecule has 2 heterocycles. The largest absolute Gasteiger partial charge is 0.411 e. The van der Waals surface area contributed by atoms with Gasteiger partial charge < -0.3 is 9.73 Å². The van der Waals surface area contributed by atoms with Crippen molar-refractivity contribution in [3.05, 3.63) is 54.4 Å². The van der Waals surface area contributed by atoms with Crippen LogP contribution in [0.5, 0.6) is 0 Å². The number of amides is 1. The average molecular weight is 382 g/mol. The molecule has 7 heteroatoms. The molecule has 1 amide bonds. The average Bonchev–Trinajstić information content (AvgIpc) is 3.17. The molecule has 0 fully saturated rings. The van der Waals surface area contributed by atoms with Crippen LogP contribution in [0.3, 0.4) is 0 Å². The van der Waals surface area contributed by atoms with Crippen LogP contribution in [0.4, 0.5) is 5.69 Å². The number of rotatable bonds is 7. The lowest BCUT2D eigenvalue weighted by Gasteiger charge is -2.17. The minimum Gasteiger partial charge on any atom is -0.411 e. The smallest absolute Gasteiger partial charge is 0.277 e. The second-order valence-corrected chi connectivity index (χ2v) is 7.55. The first-order valence-corrected chi connectivity index (χ1v) is 9.76. The standard InChI is InChI=1S/C20H22N4O2S/c1-4-13(2)16-7-5-6-8-17(16)22-18(25)14(3)27-20-24-23-19(26-20)15-9-11-21-12-10-15/h5-14H,4H2,1-3H3,(H,22,25). The predicted octanol–water partition coefficient (Wildman–Crippen LogP) is 4.76. The Hall–Kier alpha value is -2.67. The first-order chi connectivity index (χ1) is 13.1. The van der Waals surface area contributed by atoms with Gasteiger partial charge >= 0.3 is 0 Å². The summed E-state index contributed by atoms with van der Waals surface area (Å²) in [5.74, 6) is 0.692. The van der Waals surface area contributed by atoms with Gasteiger partial charge in [-0.25, -0.2) is 0 Å². The fourth-order valence-corrected chi connectivity index (χ4v) is 3.25. The monoisotopic (exact) mass is 382 g/mol. The summed E-state index contributed by atoms with van der Waals surface area (Å²) in [6.07, 6.45) is 4.34. The number of nitrogens with zero attached hydrogens (tertiary/aromatic N) is 3. The van der Waals surface area contributed by atoms with Crippen molar-refractivity contribution in [1.82, 2.24) is 15.2 Å². The van der Waals surface area contributed by atoms with E-state index in [4.69, 9.17) is 4.42 Å². The lowest BCUT2D eigenvalue weighted by molar-refractivity contribution is -0.115. The highest BCUT2D eigenvalue weighted by Crippen LogP contribution is 2.29. The predicted molar refractivity (Wildman–Crippen MR) is 107 cm³/mol. The molecular formula is C20H22N4O2S. The number of benzene rings is 1. The van der Waals surface area contributed by atoms with Gasteiger partial charge in [0.25, 0.3) is 5.22 Å². The summed E-state index contributed by atoms with van der Waals surface area (Å²) in [5, 5.41) is 11.1. The van der Waals surface area contributed by atoms with Crippen LogP contribution in [0, 0.1) is 0 Å². The highest BCUT2D eigenvalue weighted by molar-refractivity contribution is 8.00. The third-order valence-electron chi connectivity index (χ3n) is 4.34. The van der Waals surface area contributed by atoms with Crippen molar-refractivity contribution >= 4 is 23.4 Å². The van der Waals surface area contributed by atoms with Gasteiger partial charge in [0.2, 0.25) is 11.8 Å². The van der Waals surface area contributed by atoms with E-state index in [-0.39, 0.29) is 11.2 Å². The molecule has 0 spiro atoms. The third kappa shape index (κ3) is 4.74. The maximum absolute atomic E-state index is 12.6. The molecule has 0 aliphatic rings. The molecule has 0 saturated heterocycles. The topological polar surface area (TPSA) is 80.9 Å². The lowest BCUT2D eigenvalue weighted by atomic mass is 9.97. The van der Waals surface area contributed by atoms with Gasteiger partial charge in [-0.1, -0.05) is 43.8 Å². The first kappa shape index (κ1) is 19.1. The van der Waals surface area contributed by atoms with Crippen LogP contribution in [-0.4, -0.2) is 26.3 Å². The molecule has 0 aliphatic heterocycles. The van der Waals surface area contributed by atoms with Crippen molar-refractivity contribution < 1.29 is 9.21 Å². The Morgan fingerprint density at radius 3 is 2.63 bits per heavy atom. The van der Waals surface area contributed by atoms with E-state index in [9.17, 15) is 4.79 Å². The van der Waals surface area contributed by atoms with Gasteiger partial charge in [-0.05, 0) is 43.0 Å². The molecular weight excluding hydrogens is 360 g/mol. The molecule has 2 aromatic heterocycles. The maximum Gasteiger partial charge on any atom is 0.277 e. The highest BCUT2D eigenvalue weighted by atomic mass is 32.2. The Bertz CT molecular complexity index is 898. The van der Waals surface area contributed by atoms with Crippen molar-refractivity contribution in [2.45, 2.75) is 43.6 Å². The zero-order valence-corrected chi connectivity index (χ0v) is 16.4. The molecule has 6 nitrogen and oxygen atoms in total. The number of thioether (sulfide) groups is 1. The lowest BCUT2D eigenvalue weighted by Crippen LogP contribution is -2.23. The van der Waals surface area contributed by atoms with E-state index >= 15 is 0 Å². The highest BCUT2D eigenvalue weighted by Gasteiger charge is 2.20. The minimum absolute atomic E-state index is 0.0978. The van der Waals surface area contributed by atoms with Gasteiger partial charge in [-0.2, -0.15) is 0 Å². The van der Waals surface area contributed by atoms with Crippen molar-refractivity contribution in [3.8, 4) is 11.5 Å². The summed E-state index contributed by atoms with van der Waals surface area (Å²) in [7, 11) is 0. The summed E-state index contributed by atoms with van der Waals surface area (Å²) in [4.78, 5) is 16.6. The third-order valence-corrected chi connectivity index (χ3v) is 5.28. The zero-order valence-electron chi connectivity index (χ0n) is 15.5. The van der Waals surface area contributed by atoms with Gasteiger partial charge in [-0.15, -0.1) is 10.2 Å². The molecule has 27 heavy (non-hydrogen) atoms. The number of carbonyl (C=O) groups is 1. The second kappa shape index (κ2) is 8.81. The van der Waals surface area contributed by atoms with Crippen molar-refractivity contribution in [1.29, 1.82) is 0 Å². The molecule has 2 unspecified atom stereocenters. The van der Waals surface area contributed by atoms with Gasteiger partial charge in [0.15, 0.2) is 0 Å². The normalized spacial score (nSPS) is 13.1. The molecule has 0 bridgehead atoms. The quantitative estimate of drug-likeness (QED) is 0.593. The summed E-state index contributed by atoms with van der Waals surface area (Å²) < 4.78 is 5.65. The van der Waals surface area contributed by atoms with Crippen LogP contribution < -0.4 is 5.32 Å². The molecule has 1 N–H and O–H groups in total. The number of aromatic nitrogens is 3. The van der Waals surface area contributed by atoms with Gasteiger partial charge in [-0.3, -0.25) is 9.78 Å². The van der Waals surface area contributed by atoms with Crippen LogP contribution in [0.25, 0.3) is 11.5 Å². The molecule has 140 valence electrons. The van der Waals surface area contributed by atoms with Crippen LogP contribution in [0.2, 0.25) is 0 Å². The number of carbonyl (C=O) groups excluding carboxylic acids is 1. The Balaban J connectivity index is 1.66. The Labute approximate surface area is 162 Å². The molecule has 2 atom stereocenters. The number of hydrogen-bond donors (Lipinski definition) is 1. The van der Waals surface area contributed by atoms with E-state index in [0.29, 0.717) is 17.0 Å². The van der Waals surface area contributed by atoms with E-state index in [2.05, 4.69) is 40.4 Å². The second-order valence-electron chi connectivity index (χ2n) is 6.25. The van der Waals surface area contributed by atoms with Crippen LogP contribution >= 0.6 is 11.8 Å². The van der Waals surface area contributed by atoms with E-state index in [0.717, 1.165) is 23.2 Å². The van der Waals surface area contributed by atoms with Gasteiger partial charge in [0.1, 0.15) is 0 Å². The van der Waals surface area contributed by atoms with Gasteiger partial charge in [0, 0.05) is 23.6 Å². The number of nitrogens with one attached hydrogen (secondary N) is 1. The summed E-state index contributed by atoms with van der Waals surface area (Å²) >= 11 is 1.24. The zero-order chi connectivity index (χ0) is 19.2. The van der Waals surface area contributed by atoms with E-state index < -0.39 is 0 Å². The molecule has 0 saturated carbocycles. The Morgan fingerprint density at radius 1 is 1.15 bits per heavy atom. The minimum atomic E-state index is -0.374. The molecule has 3 aromatic rings. The van der Waals surface area contributed by atoms with E-state index in [1.165, 1.54) is 11.8 Å². The molecule has 0 radical (unpaired) electrons. The van der Waals surface area contributed by atoms with Crippen LogP contribution in [0.15, 0.2) is 58.4 Å². The van der Waals surface area contributed by atoms with E-state index in [1.807, 2.05) is 25.1 Å². The number of pyridine rings is 1. The first-order valence-electron chi connectivity index (χ1n) is 8.88. The summed E-state index contributed by atoms with van der Waals surface area (Å²) in [5.41, 5.74) is 2.79. The Morgan fingerprint density at radius 2 is 1.89 bits per heavy atom. The van der Waals surface area contributed by atoms with Crippen molar-refractivity contribution in [2.75, 3.05) is 5.32 Å². The summed E-state index contributed by atoms with van der Waals surface area (Å²) in [6.45, 7) is 6.11. The van der Waals surface area contributed by atoms with Gasteiger partial charge in [0.05, 0.1) is 5.25 Å². The number of anilines is 1. The maximum atomic E-state index is 12.6. The molecule has 0 aliphatic carbocycles. The van der Waals surface area contributed by atoms with E-state index in [1.54, 1.807) is 24.5 Å². The van der Waals surface area contributed by atoms with Crippen LogP contribution in [-0.2, 0) is 4.79 Å². The molecule has 3 rings (SSSR count). The fraction of sp³-hybridized carbons (Fsp3) is 0.300. The van der Waals surface area contributed by atoms with Crippen molar-refractivity contribution in [2.24, 2.45) is 0 Å². The number of hydrogen-bond acceptors (Lipinski definition) is 6. The Kier molecular flexibility index (Phi) is 6.24. The SMILES string of the molecule is CCC(C)c1ccccc1NC(=O)C(C)Sc1nnc(-c2ccncc2)o1. The van der Waals surface area contributed by atoms with Crippen molar-refractivity contribution in [3.63, 3.8) is 0 Å². The summed E-state index contributed by atoms with van der Waals surface area (Å²) in [6, 6.07) is 11.5. The van der Waals surface area contributed by atoms with Crippen LogP contribution in [0.1, 0.15) is 38.7 Å². The number of para-hydroxylation sites is 1.